The van der Waals surface area contributed by atoms with Crippen molar-refractivity contribution in [2.45, 2.75) is 26.3 Å². The van der Waals surface area contributed by atoms with Gasteiger partial charge in [-0.1, -0.05) is 35.9 Å². The number of anilines is 1. The van der Waals surface area contributed by atoms with E-state index in [1.807, 2.05) is 56.3 Å². The van der Waals surface area contributed by atoms with Crippen molar-refractivity contribution in [2.75, 3.05) is 25.0 Å². The van der Waals surface area contributed by atoms with Crippen molar-refractivity contribution in [1.82, 2.24) is 14.9 Å². The normalized spacial score (nSPS) is 12.1. The summed E-state index contributed by atoms with van der Waals surface area (Å²) in [5, 5.41) is 13.3. The molecule has 0 fully saturated rings. The molecule has 2 aromatic carbocycles. The number of halogens is 1. The van der Waals surface area contributed by atoms with Gasteiger partial charge in [-0.15, -0.1) is 0 Å². The Kier molecular flexibility index (Phi) is 6.54. The maximum atomic E-state index is 12.8. The molecule has 0 saturated heterocycles. The van der Waals surface area contributed by atoms with Gasteiger partial charge in [-0.3, -0.25) is 4.79 Å². The minimum Gasteiger partial charge on any atom is -0.395 e. The van der Waals surface area contributed by atoms with E-state index in [9.17, 15) is 9.90 Å². The number of para-hydroxylation sites is 2. The summed E-state index contributed by atoms with van der Waals surface area (Å²) in [7, 11) is 0. The van der Waals surface area contributed by atoms with Gasteiger partial charge < -0.3 is 20.3 Å². The maximum absolute atomic E-state index is 12.8. The number of carbonyl (C=O) groups is 1. The Morgan fingerprint density at radius 2 is 2.11 bits per heavy atom. The van der Waals surface area contributed by atoms with Crippen molar-refractivity contribution in [2.24, 2.45) is 0 Å². The fourth-order valence-electron chi connectivity index (χ4n) is 3.21. The molecule has 1 unspecified atom stereocenters. The third-order valence-corrected chi connectivity index (χ3v) is 5.19. The number of carbonyl (C=O) groups excluding carboxylic acids is 1. The second-order valence-electron chi connectivity index (χ2n) is 6.71. The predicted octanol–water partition coefficient (Wildman–Crippen LogP) is 3.91. The number of fused-ring (bicyclic) bond motifs is 1. The van der Waals surface area contributed by atoms with Gasteiger partial charge in [-0.05, 0) is 43.2 Å². The smallest absolute Gasteiger partial charge is 0.225 e. The van der Waals surface area contributed by atoms with E-state index in [2.05, 4.69) is 15.3 Å². The van der Waals surface area contributed by atoms with Gasteiger partial charge in [0, 0.05) is 18.1 Å². The fourth-order valence-corrected chi connectivity index (χ4v) is 3.32. The molecule has 3 N–H and O–H groups in total. The molecule has 0 aliphatic rings. The molecule has 28 heavy (non-hydrogen) atoms. The van der Waals surface area contributed by atoms with Crippen molar-refractivity contribution in [3.63, 3.8) is 0 Å². The van der Waals surface area contributed by atoms with Gasteiger partial charge in [0.05, 0.1) is 30.1 Å². The molecule has 0 radical (unpaired) electrons. The Balaban J connectivity index is 1.88. The van der Waals surface area contributed by atoms with Crippen molar-refractivity contribution in [3.05, 3.63) is 58.6 Å². The number of aliphatic hydroxyl groups excluding tert-OH is 1. The van der Waals surface area contributed by atoms with Gasteiger partial charge in [0.15, 0.2) is 0 Å². The van der Waals surface area contributed by atoms with E-state index in [1.165, 1.54) is 0 Å². The standard InChI is InChI=1S/C21H25ClN4O2/c1-3-26(10-11-27)20(28)13-19(15-8-9-16(22)14(2)12-15)25-21-23-17-6-4-5-7-18(17)24-21/h4-9,12,19,27H,3,10-11,13H2,1-2H3,(H2,23,24,25). The van der Waals surface area contributed by atoms with E-state index >= 15 is 0 Å². The van der Waals surface area contributed by atoms with Crippen LogP contribution in [0.25, 0.3) is 11.0 Å². The molecule has 1 heterocycles. The number of benzene rings is 2. The summed E-state index contributed by atoms with van der Waals surface area (Å²) < 4.78 is 0. The quantitative estimate of drug-likeness (QED) is 0.535. The molecule has 0 aliphatic heterocycles. The second-order valence-corrected chi connectivity index (χ2v) is 7.12. The topological polar surface area (TPSA) is 81.2 Å². The minimum absolute atomic E-state index is 0.0298. The van der Waals surface area contributed by atoms with Crippen LogP contribution >= 0.6 is 11.6 Å². The van der Waals surface area contributed by atoms with Gasteiger partial charge in [-0.2, -0.15) is 0 Å². The Labute approximate surface area is 169 Å². The lowest BCUT2D eigenvalue weighted by Crippen LogP contribution is -2.35. The zero-order valence-corrected chi connectivity index (χ0v) is 16.8. The van der Waals surface area contributed by atoms with E-state index in [0.717, 1.165) is 22.2 Å². The van der Waals surface area contributed by atoms with Gasteiger partial charge in [0.1, 0.15) is 0 Å². The molecule has 148 valence electrons. The van der Waals surface area contributed by atoms with E-state index in [-0.39, 0.29) is 25.0 Å². The first-order valence-electron chi connectivity index (χ1n) is 9.37. The number of aromatic amines is 1. The lowest BCUT2D eigenvalue weighted by atomic mass is 10.0. The highest BCUT2D eigenvalue weighted by Gasteiger charge is 2.21. The molecule has 1 atom stereocenters. The Hall–Kier alpha value is -2.57. The van der Waals surface area contributed by atoms with Gasteiger partial charge in [0.2, 0.25) is 11.9 Å². The maximum Gasteiger partial charge on any atom is 0.225 e. The number of rotatable bonds is 8. The lowest BCUT2D eigenvalue weighted by molar-refractivity contribution is -0.131. The average molecular weight is 401 g/mol. The third kappa shape index (κ3) is 4.64. The number of H-pyrrole nitrogens is 1. The summed E-state index contributed by atoms with van der Waals surface area (Å²) in [6, 6.07) is 13.2. The highest BCUT2D eigenvalue weighted by molar-refractivity contribution is 6.31. The number of amides is 1. The number of hydrogen-bond acceptors (Lipinski definition) is 4. The Morgan fingerprint density at radius 1 is 1.32 bits per heavy atom. The van der Waals surface area contributed by atoms with Crippen LogP contribution in [0, 0.1) is 6.92 Å². The first-order valence-corrected chi connectivity index (χ1v) is 9.75. The van der Waals surface area contributed by atoms with Crippen LogP contribution in [0.5, 0.6) is 0 Å². The van der Waals surface area contributed by atoms with Crippen LogP contribution < -0.4 is 5.32 Å². The summed E-state index contributed by atoms with van der Waals surface area (Å²) in [6.45, 7) is 4.67. The minimum atomic E-state index is -0.281. The summed E-state index contributed by atoms with van der Waals surface area (Å²) >= 11 is 6.18. The first-order chi connectivity index (χ1) is 13.5. The van der Waals surface area contributed by atoms with Crippen LogP contribution in [0.2, 0.25) is 5.02 Å². The molecule has 3 aromatic rings. The van der Waals surface area contributed by atoms with E-state index in [0.29, 0.717) is 24.1 Å². The van der Waals surface area contributed by atoms with Gasteiger partial charge in [-0.25, -0.2) is 4.98 Å². The Bertz CT molecular complexity index is 923. The number of aryl methyl sites for hydroxylation is 1. The Morgan fingerprint density at radius 3 is 2.79 bits per heavy atom. The zero-order chi connectivity index (χ0) is 20.1. The van der Waals surface area contributed by atoms with E-state index in [4.69, 9.17) is 11.6 Å². The molecule has 6 nitrogen and oxygen atoms in total. The number of aliphatic hydroxyl groups is 1. The fraction of sp³-hybridized carbons (Fsp3) is 0.333. The number of nitrogens with one attached hydrogen (secondary N) is 2. The number of hydrogen-bond donors (Lipinski definition) is 3. The highest BCUT2D eigenvalue weighted by atomic mass is 35.5. The van der Waals surface area contributed by atoms with Gasteiger partial charge >= 0.3 is 0 Å². The molecule has 1 amide bonds. The van der Waals surface area contributed by atoms with Gasteiger partial charge in [0.25, 0.3) is 0 Å². The molecule has 0 saturated carbocycles. The van der Waals surface area contributed by atoms with Crippen molar-refractivity contribution < 1.29 is 9.90 Å². The average Bonchev–Trinajstić information content (AvgIpc) is 3.10. The van der Waals surface area contributed by atoms with E-state index < -0.39 is 0 Å². The molecular formula is C21H25ClN4O2. The second kappa shape index (κ2) is 9.08. The molecule has 0 spiro atoms. The largest absolute Gasteiger partial charge is 0.395 e. The number of imidazole rings is 1. The molecule has 7 heteroatoms. The summed E-state index contributed by atoms with van der Waals surface area (Å²) in [6.07, 6.45) is 0.242. The van der Waals surface area contributed by atoms with Crippen LogP contribution in [0.15, 0.2) is 42.5 Å². The monoisotopic (exact) mass is 400 g/mol. The summed E-state index contributed by atoms with van der Waals surface area (Å²) in [5.74, 6) is 0.578. The van der Waals surface area contributed by atoms with Crippen LogP contribution in [-0.2, 0) is 4.79 Å². The van der Waals surface area contributed by atoms with Crippen molar-refractivity contribution in [3.8, 4) is 0 Å². The molecule has 1 aromatic heterocycles. The lowest BCUT2D eigenvalue weighted by Gasteiger charge is -2.24. The van der Waals surface area contributed by atoms with Crippen LogP contribution in [0.4, 0.5) is 5.95 Å². The highest BCUT2D eigenvalue weighted by Crippen LogP contribution is 2.27. The van der Waals surface area contributed by atoms with Crippen molar-refractivity contribution >= 4 is 34.5 Å². The van der Waals surface area contributed by atoms with Crippen LogP contribution in [-0.4, -0.2) is 45.6 Å². The van der Waals surface area contributed by atoms with E-state index in [1.54, 1.807) is 4.90 Å². The molecule has 0 bridgehead atoms. The number of aromatic nitrogens is 2. The number of likely N-dealkylation sites (N-methyl/N-ethyl adjacent to an activating group) is 1. The zero-order valence-electron chi connectivity index (χ0n) is 16.1. The van der Waals surface area contributed by atoms with Crippen molar-refractivity contribution in [1.29, 1.82) is 0 Å². The molecule has 0 aliphatic carbocycles. The molecule has 3 rings (SSSR count). The number of nitrogens with zero attached hydrogens (tertiary/aromatic N) is 2. The van der Waals surface area contributed by atoms with Crippen LogP contribution in [0.3, 0.4) is 0 Å². The summed E-state index contributed by atoms with van der Waals surface area (Å²) in [4.78, 5) is 22.2. The first kappa shape index (κ1) is 20.2. The SMILES string of the molecule is CCN(CCO)C(=O)CC(Nc1nc2ccccc2[nH]1)c1ccc(Cl)c(C)c1. The summed E-state index contributed by atoms with van der Waals surface area (Å²) in [5.41, 5.74) is 3.69. The van der Waals surface area contributed by atoms with Crippen LogP contribution in [0.1, 0.15) is 30.5 Å². The molecular weight excluding hydrogens is 376 g/mol. The third-order valence-electron chi connectivity index (χ3n) is 4.77. The predicted molar refractivity (Wildman–Crippen MR) is 113 cm³/mol.